The molecule has 0 fully saturated rings. The molecule has 17 heavy (non-hydrogen) atoms. The van der Waals surface area contributed by atoms with Crippen molar-refractivity contribution in [3.05, 3.63) is 28.8 Å². The zero-order chi connectivity index (χ0) is 11.7. The monoisotopic (exact) mass is 243 g/mol. The van der Waals surface area contributed by atoms with Crippen LogP contribution in [0.2, 0.25) is 0 Å². The molecule has 88 valence electrons. The number of hydrogen-bond acceptors (Lipinski definition) is 2. The molecule has 2 rings (SSSR count). The number of rotatable bonds is 2. The van der Waals surface area contributed by atoms with Gasteiger partial charge in [-0.15, -0.1) is 0 Å². The van der Waals surface area contributed by atoms with Crippen molar-refractivity contribution in [1.82, 2.24) is 0 Å². The fourth-order valence-corrected chi connectivity index (χ4v) is 2.37. The number of carboxylic acids is 1. The summed E-state index contributed by atoms with van der Waals surface area (Å²) in [6.07, 6.45) is 1.62. The van der Waals surface area contributed by atoms with Crippen LogP contribution in [0.15, 0.2) is 12.1 Å². The molecular weight excluding hydrogens is 225 g/mol. The summed E-state index contributed by atoms with van der Waals surface area (Å²) in [5.41, 5.74) is 4.35. The fourth-order valence-electron chi connectivity index (χ4n) is 2.37. The predicted octanol–water partition coefficient (Wildman–Crippen LogP) is 1.89. The molecule has 0 aromatic heterocycles. The van der Waals surface area contributed by atoms with Crippen LogP contribution in [0.1, 0.15) is 36.0 Å². The number of aliphatic carboxylic acids is 1. The van der Waals surface area contributed by atoms with Crippen LogP contribution in [-0.4, -0.2) is 47.2 Å². The number of carboxylic acid groups (broad SMARTS) is 1. The Morgan fingerprint density at radius 2 is 2.24 bits per heavy atom. The molecule has 1 aromatic carbocycles. The van der Waals surface area contributed by atoms with Gasteiger partial charge in [-0.2, -0.15) is 0 Å². The number of anilines is 1. The molecule has 0 saturated carbocycles. The zero-order valence-electron chi connectivity index (χ0n) is 9.71. The van der Waals surface area contributed by atoms with Crippen LogP contribution in [-0.2, 0) is 11.2 Å². The quantitative estimate of drug-likeness (QED) is 0.780. The summed E-state index contributed by atoms with van der Waals surface area (Å²) in [5, 5.41) is 12.5. The SMILES string of the molecule is CCc1cc(C)c2c(c1)C(C(=O)O)CCN2.[NaH]. The van der Waals surface area contributed by atoms with Crippen LogP contribution in [0.5, 0.6) is 0 Å². The molecule has 0 radical (unpaired) electrons. The van der Waals surface area contributed by atoms with Gasteiger partial charge in [0, 0.05) is 12.2 Å². The molecule has 1 aromatic rings. The standard InChI is InChI=1S/C13H17NO2.Na.H/c1-3-9-6-8(2)12-11(7-9)10(13(15)16)4-5-14-12;;/h6-7,10,14H,3-5H2,1-2H3,(H,15,16);;. The Balaban J connectivity index is 0.00000144. The van der Waals surface area contributed by atoms with Crippen LogP contribution in [0.4, 0.5) is 5.69 Å². The first-order valence-electron chi connectivity index (χ1n) is 5.73. The first kappa shape index (κ1) is 14.6. The van der Waals surface area contributed by atoms with Gasteiger partial charge in [-0.1, -0.05) is 19.1 Å². The third-order valence-electron chi connectivity index (χ3n) is 3.24. The molecule has 0 bridgehead atoms. The molecule has 4 heteroatoms. The molecule has 0 amide bonds. The van der Waals surface area contributed by atoms with E-state index >= 15 is 0 Å². The summed E-state index contributed by atoms with van der Waals surface area (Å²) >= 11 is 0. The molecule has 0 spiro atoms. The van der Waals surface area contributed by atoms with E-state index in [2.05, 4.69) is 18.3 Å². The minimum absolute atomic E-state index is 0. The van der Waals surface area contributed by atoms with E-state index in [9.17, 15) is 9.90 Å². The van der Waals surface area contributed by atoms with Gasteiger partial charge < -0.3 is 10.4 Å². The van der Waals surface area contributed by atoms with E-state index in [4.69, 9.17) is 0 Å². The van der Waals surface area contributed by atoms with Gasteiger partial charge >= 0.3 is 35.5 Å². The average Bonchev–Trinajstić information content (AvgIpc) is 2.28. The third kappa shape index (κ3) is 2.84. The van der Waals surface area contributed by atoms with Gasteiger partial charge in [-0.3, -0.25) is 4.79 Å². The maximum absolute atomic E-state index is 11.2. The minimum atomic E-state index is -0.713. The van der Waals surface area contributed by atoms with Gasteiger partial charge in [0.2, 0.25) is 0 Å². The van der Waals surface area contributed by atoms with Crippen molar-refractivity contribution in [2.45, 2.75) is 32.6 Å². The first-order valence-corrected chi connectivity index (χ1v) is 5.73. The molecule has 0 saturated heterocycles. The number of carbonyl (C=O) groups is 1. The molecule has 1 aliphatic heterocycles. The van der Waals surface area contributed by atoms with E-state index in [0.29, 0.717) is 6.42 Å². The Labute approximate surface area is 124 Å². The van der Waals surface area contributed by atoms with E-state index in [1.807, 2.05) is 13.0 Å². The molecule has 1 heterocycles. The summed E-state index contributed by atoms with van der Waals surface area (Å²) in [6.45, 7) is 4.87. The predicted molar refractivity (Wildman–Crippen MR) is 71.2 cm³/mol. The number of fused-ring (bicyclic) bond motifs is 1. The van der Waals surface area contributed by atoms with Gasteiger partial charge in [-0.25, -0.2) is 0 Å². The Bertz CT molecular complexity index is 432. The normalized spacial score (nSPS) is 17.6. The summed E-state index contributed by atoms with van der Waals surface area (Å²) in [4.78, 5) is 11.2. The Morgan fingerprint density at radius 3 is 2.82 bits per heavy atom. The molecule has 1 aliphatic rings. The summed E-state index contributed by atoms with van der Waals surface area (Å²) in [5.74, 6) is -1.06. The number of benzene rings is 1. The van der Waals surface area contributed by atoms with E-state index in [0.717, 1.165) is 29.8 Å². The Kier molecular flexibility index (Phi) is 5.04. The van der Waals surface area contributed by atoms with Gasteiger partial charge in [0.15, 0.2) is 0 Å². The number of aryl methyl sites for hydroxylation is 2. The van der Waals surface area contributed by atoms with Crippen LogP contribution in [0.3, 0.4) is 0 Å². The van der Waals surface area contributed by atoms with Crippen LogP contribution in [0, 0.1) is 6.92 Å². The third-order valence-corrected chi connectivity index (χ3v) is 3.24. The Hall–Kier alpha value is -0.510. The molecule has 1 atom stereocenters. The van der Waals surface area contributed by atoms with Crippen LogP contribution >= 0.6 is 0 Å². The van der Waals surface area contributed by atoms with E-state index in [1.165, 1.54) is 5.56 Å². The number of nitrogens with one attached hydrogen (secondary N) is 1. The molecule has 1 unspecified atom stereocenters. The van der Waals surface area contributed by atoms with E-state index < -0.39 is 5.97 Å². The summed E-state index contributed by atoms with van der Waals surface area (Å²) < 4.78 is 0. The molecule has 0 aliphatic carbocycles. The summed E-state index contributed by atoms with van der Waals surface area (Å²) in [6, 6.07) is 4.17. The number of hydrogen-bond donors (Lipinski definition) is 2. The van der Waals surface area contributed by atoms with E-state index in [1.54, 1.807) is 0 Å². The second kappa shape index (κ2) is 5.89. The van der Waals surface area contributed by atoms with Gasteiger partial charge in [0.25, 0.3) is 0 Å². The first-order chi connectivity index (χ1) is 7.63. The summed E-state index contributed by atoms with van der Waals surface area (Å²) in [7, 11) is 0. The molecule has 2 N–H and O–H groups in total. The Morgan fingerprint density at radius 1 is 1.53 bits per heavy atom. The van der Waals surface area contributed by atoms with Gasteiger partial charge in [0.1, 0.15) is 0 Å². The second-order valence-corrected chi connectivity index (χ2v) is 4.34. The van der Waals surface area contributed by atoms with E-state index in [-0.39, 0.29) is 35.5 Å². The van der Waals surface area contributed by atoms with Crippen molar-refractivity contribution in [3.8, 4) is 0 Å². The molecule has 3 nitrogen and oxygen atoms in total. The fraction of sp³-hybridized carbons (Fsp3) is 0.462. The van der Waals surface area contributed by atoms with Crippen molar-refractivity contribution in [1.29, 1.82) is 0 Å². The van der Waals surface area contributed by atoms with Gasteiger partial charge in [-0.05, 0) is 36.5 Å². The van der Waals surface area contributed by atoms with Crippen molar-refractivity contribution in [2.24, 2.45) is 0 Å². The van der Waals surface area contributed by atoms with Crippen molar-refractivity contribution in [3.63, 3.8) is 0 Å². The van der Waals surface area contributed by atoms with Crippen LogP contribution in [0.25, 0.3) is 0 Å². The van der Waals surface area contributed by atoms with Crippen molar-refractivity contribution in [2.75, 3.05) is 11.9 Å². The van der Waals surface area contributed by atoms with Crippen molar-refractivity contribution < 1.29 is 9.90 Å². The second-order valence-electron chi connectivity index (χ2n) is 4.34. The average molecular weight is 243 g/mol. The topological polar surface area (TPSA) is 49.3 Å². The van der Waals surface area contributed by atoms with Gasteiger partial charge in [0.05, 0.1) is 5.92 Å². The molecular formula is C13H18NNaO2. The maximum atomic E-state index is 11.2. The zero-order valence-corrected chi connectivity index (χ0v) is 9.71. The van der Waals surface area contributed by atoms with Crippen LogP contribution < -0.4 is 5.32 Å². The van der Waals surface area contributed by atoms with Crippen molar-refractivity contribution >= 4 is 41.2 Å².